The third kappa shape index (κ3) is 2.73. The molecular formula is C13H16N2O2S. The van der Waals surface area contributed by atoms with E-state index < -0.39 is 0 Å². The molecular weight excluding hydrogens is 248 g/mol. The largest absolute Gasteiger partial charge is 0.395 e. The number of aliphatic hydroxyl groups is 1. The lowest BCUT2D eigenvalue weighted by molar-refractivity contribution is 0.300. The average Bonchev–Trinajstić information content (AvgIpc) is 2.37. The van der Waals surface area contributed by atoms with E-state index in [1.807, 2.05) is 26.0 Å². The number of benzene rings is 1. The van der Waals surface area contributed by atoms with Crippen LogP contribution in [0.1, 0.15) is 18.3 Å². The van der Waals surface area contributed by atoms with Gasteiger partial charge in [-0.15, -0.1) is 11.8 Å². The lowest BCUT2D eigenvalue weighted by atomic mass is 10.1. The number of nitrogens with one attached hydrogen (secondary N) is 1. The summed E-state index contributed by atoms with van der Waals surface area (Å²) in [4.78, 5) is 19.2. The van der Waals surface area contributed by atoms with Crippen molar-refractivity contribution in [2.45, 2.75) is 24.9 Å². The molecule has 0 radical (unpaired) electrons. The second-order valence-corrected chi connectivity index (χ2v) is 5.71. The molecule has 0 fully saturated rings. The van der Waals surface area contributed by atoms with E-state index in [0.717, 1.165) is 11.1 Å². The Hall–Kier alpha value is -1.33. The van der Waals surface area contributed by atoms with Gasteiger partial charge in [0.1, 0.15) is 5.82 Å². The molecule has 1 heterocycles. The van der Waals surface area contributed by atoms with E-state index in [-0.39, 0.29) is 17.4 Å². The van der Waals surface area contributed by atoms with Crippen molar-refractivity contribution in [3.05, 3.63) is 39.9 Å². The predicted octanol–water partition coefficient (Wildman–Crippen LogP) is 1.85. The first kappa shape index (κ1) is 13.1. The molecule has 2 N–H and O–H groups in total. The molecule has 4 nitrogen and oxygen atoms in total. The zero-order valence-corrected chi connectivity index (χ0v) is 11.3. The van der Waals surface area contributed by atoms with Crippen molar-refractivity contribution in [1.29, 1.82) is 0 Å². The summed E-state index contributed by atoms with van der Waals surface area (Å²) in [6, 6.07) is 5.58. The third-order valence-electron chi connectivity index (χ3n) is 2.75. The van der Waals surface area contributed by atoms with Crippen LogP contribution in [0.2, 0.25) is 0 Å². The van der Waals surface area contributed by atoms with Gasteiger partial charge in [-0.2, -0.15) is 0 Å². The number of aliphatic hydroxyl groups excluding tert-OH is 1. The van der Waals surface area contributed by atoms with Crippen LogP contribution in [-0.2, 0) is 5.75 Å². The van der Waals surface area contributed by atoms with Gasteiger partial charge in [-0.05, 0) is 18.6 Å². The number of fused-ring (bicyclic) bond motifs is 1. The van der Waals surface area contributed by atoms with Crippen LogP contribution in [0.4, 0.5) is 0 Å². The molecule has 0 spiro atoms. The average molecular weight is 264 g/mol. The van der Waals surface area contributed by atoms with E-state index in [9.17, 15) is 4.79 Å². The molecule has 96 valence electrons. The van der Waals surface area contributed by atoms with Gasteiger partial charge in [0, 0.05) is 5.25 Å². The number of aryl methyl sites for hydroxylation is 1. The SMILES string of the molecule is Cc1cccc2c(=O)[nH]c(CSC(C)CO)nc12. The minimum Gasteiger partial charge on any atom is -0.395 e. The van der Waals surface area contributed by atoms with Crippen molar-refractivity contribution in [2.75, 3.05) is 6.61 Å². The standard InChI is InChI=1S/C13H16N2O2S/c1-8-4-3-5-10-12(8)14-11(15-13(10)17)7-18-9(2)6-16/h3-5,9,16H,6-7H2,1-2H3,(H,14,15,17). The van der Waals surface area contributed by atoms with Gasteiger partial charge in [-0.1, -0.05) is 19.1 Å². The Balaban J connectivity index is 2.36. The van der Waals surface area contributed by atoms with Crippen molar-refractivity contribution in [1.82, 2.24) is 9.97 Å². The topological polar surface area (TPSA) is 66.0 Å². The Labute approximate surface area is 109 Å². The Morgan fingerprint density at radius 3 is 3.00 bits per heavy atom. The highest BCUT2D eigenvalue weighted by atomic mass is 32.2. The molecule has 2 rings (SSSR count). The van der Waals surface area contributed by atoms with E-state index >= 15 is 0 Å². The second kappa shape index (κ2) is 5.54. The molecule has 5 heteroatoms. The normalized spacial score (nSPS) is 12.8. The van der Waals surface area contributed by atoms with Gasteiger partial charge in [-0.3, -0.25) is 4.79 Å². The quantitative estimate of drug-likeness (QED) is 0.884. The van der Waals surface area contributed by atoms with Crippen molar-refractivity contribution in [3.63, 3.8) is 0 Å². The summed E-state index contributed by atoms with van der Waals surface area (Å²) in [6.07, 6.45) is 0. The van der Waals surface area contributed by atoms with Crippen LogP contribution in [0.15, 0.2) is 23.0 Å². The summed E-state index contributed by atoms with van der Waals surface area (Å²) >= 11 is 1.57. The molecule has 0 aliphatic heterocycles. The molecule has 0 amide bonds. The highest BCUT2D eigenvalue weighted by Gasteiger charge is 2.07. The Morgan fingerprint density at radius 1 is 1.50 bits per heavy atom. The van der Waals surface area contributed by atoms with Crippen LogP contribution in [0.3, 0.4) is 0 Å². The lowest BCUT2D eigenvalue weighted by Gasteiger charge is -2.08. The van der Waals surface area contributed by atoms with E-state index in [4.69, 9.17) is 5.11 Å². The fourth-order valence-corrected chi connectivity index (χ4v) is 2.38. The Kier molecular flexibility index (Phi) is 4.04. The van der Waals surface area contributed by atoms with Gasteiger partial charge in [-0.25, -0.2) is 4.98 Å². The number of hydrogen-bond donors (Lipinski definition) is 2. The number of aromatic nitrogens is 2. The molecule has 18 heavy (non-hydrogen) atoms. The van der Waals surface area contributed by atoms with E-state index in [1.165, 1.54) is 0 Å². The van der Waals surface area contributed by atoms with Crippen molar-refractivity contribution in [3.8, 4) is 0 Å². The zero-order chi connectivity index (χ0) is 13.1. The summed E-state index contributed by atoms with van der Waals surface area (Å²) in [5, 5.41) is 9.74. The zero-order valence-electron chi connectivity index (χ0n) is 10.4. The Morgan fingerprint density at radius 2 is 2.28 bits per heavy atom. The summed E-state index contributed by atoms with van der Waals surface area (Å²) in [5.41, 5.74) is 1.66. The van der Waals surface area contributed by atoms with Crippen LogP contribution in [0, 0.1) is 6.92 Å². The number of nitrogens with zero attached hydrogens (tertiary/aromatic N) is 1. The molecule has 1 aromatic heterocycles. The molecule has 0 bridgehead atoms. The molecule has 0 saturated heterocycles. The monoisotopic (exact) mass is 264 g/mol. The number of thioether (sulfide) groups is 1. The fourth-order valence-electron chi connectivity index (χ4n) is 1.69. The van der Waals surface area contributed by atoms with Crippen LogP contribution in [0.5, 0.6) is 0 Å². The van der Waals surface area contributed by atoms with Crippen molar-refractivity contribution in [2.24, 2.45) is 0 Å². The summed E-state index contributed by atoms with van der Waals surface area (Å²) < 4.78 is 0. The maximum absolute atomic E-state index is 11.9. The fraction of sp³-hybridized carbons (Fsp3) is 0.385. The highest BCUT2D eigenvalue weighted by molar-refractivity contribution is 7.99. The number of rotatable bonds is 4. The first-order valence-electron chi connectivity index (χ1n) is 5.83. The van der Waals surface area contributed by atoms with Gasteiger partial charge in [0.05, 0.1) is 23.3 Å². The van der Waals surface area contributed by atoms with Crippen molar-refractivity contribution < 1.29 is 5.11 Å². The van der Waals surface area contributed by atoms with Crippen LogP contribution >= 0.6 is 11.8 Å². The maximum atomic E-state index is 11.9. The van der Waals surface area contributed by atoms with Gasteiger partial charge in [0.25, 0.3) is 5.56 Å². The number of aromatic amines is 1. The molecule has 1 unspecified atom stereocenters. The van der Waals surface area contributed by atoms with Crippen molar-refractivity contribution >= 4 is 22.7 Å². The molecule has 2 aromatic rings. The Bertz CT molecular complexity index is 609. The van der Waals surface area contributed by atoms with E-state index in [1.54, 1.807) is 17.8 Å². The number of hydrogen-bond acceptors (Lipinski definition) is 4. The molecule has 1 aromatic carbocycles. The van der Waals surface area contributed by atoms with E-state index in [2.05, 4.69) is 9.97 Å². The first-order chi connectivity index (χ1) is 8.61. The number of para-hydroxylation sites is 1. The smallest absolute Gasteiger partial charge is 0.258 e. The second-order valence-electron chi connectivity index (χ2n) is 4.29. The van der Waals surface area contributed by atoms with Gasteiger partial charge < -0.3 is 10.1 Å². The van der Waals surface area contributed by atoms with Gasteiger partial charge in [0.15, 0.2) is 0 Å². The minimum absolute atomic E-state index is 0.101. The van der Waals surface area contributed by atoms with Crippen LogP contribution in [0.25, 0.3) is 10.9 Å². The summed E-state index contributed by atoms with van der Waals surface area (Å²) in [5.74, 6) is 1.26. The minimum atomic E-state index is -0.101. The molecule has 0 saturated carbocycles. The highest BCUT2D eigenvalue weighted by Crippen LogP contribution is 2.17. The molecule has 1 atom stereocenters. The first-order valence-corrected chi connectivity index (χ1v) is 6.87. The summed E-state index contributed by atoms with van der Waals surface area (Å²) in [7, 11) is 0. The lowest BCUT2D eigenvalue weighted by Crippen LogP contribution is -2.13. The van der Waals surface area contributed by atoms with Crippen LogP contribution < -0.4 is 5.56 Å². The third-order valence-corrected chi connectivity index (χ3v) is 3.91. The van der Waals surface area contributed by atoms with Gasteiger partial charge >= 0.3 is 0 Å². The molecule has 0 aliphatic rings. The number of H-pyrrole nitrogens is 1. The van der Waals surface area contributed by atoms with Crippen LogP contribution in [-0.4, -0.2) is 26.9 Å². The maximum Gasteiger partial charge on any atom is 0.258 e. The summed E-state index contributed by atoms with van der Waals surface area (Å²) in [6.45, 7) is 4.01. The van der Waals surface area contributed by atoms with E-state index in [0.29, 0.717) is 17.0 Å². The molecule has 0 aliphatic carbocycles. The van der Waals surface area contributed by atoms with Gasteiger partial charge in [0.2, 0.25) is 0 Å². The predicted molar refractivity (Wildman–Crippen MR) is 74.9 cm³/mol.